The van der Waals surface area contributed by atoms with E-state index in [1.54, 1.807) is 12.3 Å². The molecule has 0 aliphatic heterocycles. The maximum absolute atomic E-state index is 13.6. The first-order chi connectivity index (χ1) is 9.15. The molecule has 0 saturated carbocycles. The fourth-order valence-electron chi connectivity index (χ4n) is 1.91. The van der Waals surface area contributed by atoms with E-state index in [0.29, 0.717) is 11.2 Å². The van der Waals surface area contributed by atoms with Gasteiger partial charge in [-0.2, -0.15) is 0 Å². The van der Waals surface area contributed by atoms with E-state index in [1.807, 2.05) is 0 Å². The van der Waals surface area contributed by atoms with Crippen LogP contribution >= 0.6 is 0 Å². The lowest BCUT2D eigenvalue weighted by Crippen LogP contribution is -2.06. The predicted octanol–water partition coefficient (Wildman–Crippen LogP) is 1.73. The van der Waals surface area contributed by atoms with E-state index in [4.69, 9.17) is 5.73 Å². The lowest BCUT2D eigenvalue weighted by molar-refractivity contribution is 0.590. The highest BCUT2D eigenvalue weighted by molar-refractivity contribution is 5.79. The van der Waals surface area contributed by atoms with Gasteiger partial charge in [0.15, 0.2) is 5.82 Å². The molecule has 0 amide bonds. The van der Waals surface area contributed by atoms with Crippen LogP contribution in [0.2, 0.25) is 0 Å². The van der Waals surface area contributed by atoms with Crippen LogP contribution in [0.25, 0.3) is 11.0 Å². The van der Waals surface area contributed by atoms with Gasteiger partial charge in [-0.15, -0.1) is 0 Å². The van der Waals surface area contributed by atoms with Gasteiger partial charge in [0.1, 0.15) is 17.7 Å². The van der Waals surface area contributed by atoms with Crippen LogP contribution < -0.4 is 5.73 Å². The predicted molar refractivity (Wildman–Crippen MR) is 65.2 cm³/mol. The Morgan fingerprint density at radius 1 is 1.26 bits per heavy atom. The second-order valence-corrected chi connectivity index (χ2v) is 4.01. The minimum atomic E-state index is -0.733. The maximum Gasteiger partial charge on any atom is 0.201 e. The van der Waals surface area contributed by atoms with E-state index >= 15 is 0 Å². The van der Waals surface area contributed by atoms with Crippen molar-refractivity contribution >= 4 is 17.0 Å². The second-order valence-electron chi connectivity index (χ2n) is 4.01. The average Bonchev–Trinajstić information content (AvgIpc) is 2.69. The van der Waals surface area contributed by atoms with Crippen LogP contribution in [-0.2, 0) is 6.54 Å². The van der Waals surface area contributed by atoms with Crippen molar-refractivity contribution in [3.05, 3.63) is 48.1 Å². The van der Waals surface area contributed by atoms with Crippen LogP contribution in [0, 0.1) is 11.6 Å². The van der Waals surface area contributed by atoms with Gasteiger partial charge in [-0.25, -0.2) is 23.7 Å². The van der Waals surface area contributed by atoms with Crippen LogP contribution in [0.4, 0.5) is 14.7 Å². The number of aromatic nitrogens is 4. The van der Waals surface area contributed by atoms with Gasteiger partial charge in [0.05, 0.1) is 17.8 Å². The Hall–Kier alpha value is -2.57. The molecule has 0 aliphatic rings. The molecule has 3 aromatic rings. The highest BCUT2D eigenvalue weighted by Gasteiger charge is 2.14. The van der Waals surface area contributed by atoms with Crippen LogP contribution in [0.3, 0.4) is 0 Å². The fraction of sp³-hybridized carbons (Fsp3) is 0.0833. The number of nitrogens with two attached hydrogens (primary N) is 1. The first-order valence-corrected chi connectivity index (χ1v) is 5.51. The molecular weight excluding hydrogens is 252 g/mol. The molecule has 5 nitrogen and oxygen atoms in total. The molecule has 0 fully saturated rings. The molecule has 0 unspecified atom stereocenters. The zero-order valence-corrected chi connectivity index (χ0v) is 9.72. The Balaban J connectivity index is 2.15. The number of halogens is 2. The second kappa shape index (κ2) is 4.27. The molecule has 2 heterocycles. The highest BCUT2D eigenvalue weighted by Crippen LogP contribution is 2.22. The van der Waals surface area contributed by atoms with E-state index in [9.17, 15) is 8.78 Å². The Labute approximate surface area is 106 Å². The van der Waals surface area contributed by atoms with Gasteiger partial charge in [0.2, 0.25) is 5.95 Å². The molecule has 0 aliphatic carbocycles. The molecule has 0 spiro atoms. The van der Waals surface area contributed by atoms with Crippen molar-refractivity contribution in [2.24, 2.45) is 0 Å². The van der Waals surface area contributed by atoms with E-state index in [-0.39, 0.29) is 18.0 Å². The number of hydrogen-bond acceptors (Lipinski definition) is 4. The Morgan fingerprint density at radius 2 is 2.11 bits per heavy atom. The summed E-state index contributed by atoms with van der Waals surface area (Å²) < 4.78 is 28.4. The summed E-state index contributed by atoms with van der Waals surface area (Å²) in [5.74, 6) is -1.30. The molecule has 0 radical (unpaired) electrons. The van der Waals surface area contributed by atoms with Gasteiger partial charge in [-0.1, -0.05) is 0 Å². The van der Waals surface area contributed by atoms with Gasteiger partial charge in [-0.3, -0.25) is 0 Å². The van der Waals surface area contributed by atoms with Gasteiger partial charge in [0, 0.05) is 18.3 Å². The summed E-state index contributed by atoms with van der Waals surface area (Å²) in [6.07, 6.45) is 2.98. The van der Waals surface area contributed by atoms with Crippen molar-refractivity contribution in [1.82, 2.24) is 19.5 Å². The number of rotatable bonds is 2. The van der Waals surface area contributed by atoms with Gasteiger partial charge in [-0.05, 0) is 6.07 Å². The molecule has 0 atom stereocenters. The van der Waals surface area contributed by atoms with Gasteiger partial charge in [0.25, 0.3) is 0 Å². The zero-order chi connectivity index (χ0) is 13.4. The molecule has 2 N–H and O–H groups in total. The number of anilines is 1. The third-order valence-electron chi connectivity index (χ3n) is 2.77. The Bertz CT molecular complexity index is 739. The molecule has 1 aromatic carbocycles. The van der Waals surface area contributed by atoms with E-state index in [0.717, 1.165) is 6.07 Å². The van der Waals surface area contributed by atoms with Crippen LogP contribution in [0.1, 0.15) is 5.69 Å². The summed E-state index contributed by atoms with van der Waals surface area (Å²) in [5, 5.41) is 0. The van der Waals surface area contributed by atoms with Crippen molar-refractivity contribution in [3.8, 4) is 0 Å². The largest absolute Gasteiger partial charge is 0.369 e. The van der Waals surface area contributed by atoms with E-state index < -0.39 is 11.6 Å². The Morgan fingerprint density at radius 3 is 2.84 bits per heavy atom. The zero-order valence-electron chi connectivity index (χ0n) is 9.72. The number of hydrogen-bond donors (Lipinski definition) is 1. The molecule has 0 bridgehead atoms. The molecule has 0 saturated heterocycles. The standard InChI is InChI=1S/C12H9F2N5/c13-7-3-9(14)11-10(4-7)19(12(15)18-11)5-8-1-2-16-6-17-8/h1-4,6H,5H2,(H2,15,18). The normalized spacial score (nSPS) is 11.1. The topological polar surface area (TPSA) is 69.6 Å². The molecule has 96 valence electrons. The molecule has 2 aromatic heterocycles. The molecule has 7 heteroatoms. The van der Waals surface area contributed by atoms with Crippen molar-refractivity contribution in [3.63, 3.8) is 0 Å². The third kappa shape index (κ3) is 1.99. The SMILES string of the molecule is Nc1nc2c(F)cc(F)cc2n1Cc1ccncn1. The van der Waals surface area contributed by atoms with Gasteiger partial charge >= 0.3 is 0 Å². The van der Waals surface area contributed by atoms with Crippen molar-refractivity contribution in [2.75, 3.05) is 5.73 Å². The number of imidazole rings is 1. The van der Waals surface area contributed by atoms with Crippen LogP contribution in [0.5, 0.6) is 0 Å². The lowest BCUT2D eigenvalue weighted by atomic mass is 10.3. The van der Waals surface area contributed by atoms with E-state index in [1.165, 1.54) is 17.0 Å². The summed E-state index contributed by atoms with van der Waals surface area (Å²) in [7, 11) is 0. The smallest absolute Gasteiger partial charge is 0.201 e. The first kappa shape index (κ1) is 11.5. The number of benzene rings is 1. The summed E-state index contributed by atoms with van der Waals surface area (Å²) in [6, 6.07) is 3.67. The van der Waals surface area contributed by atoms with Crippen molar-refractivity contribution < 1.29 is 8.78 Å². The minimum absolute atomic E-state index is 0.0490. The quantitative estimate of drug-likeness (QED) is 0.762. The van der Waals surface area contributed by atoms with Gasteiger partial charge < -0.3 is 10.3 Å². The maximum atomic E-state index is 13.6. The average molecular weight is 261 g/mol. The third-order valence-corrected chi connectivity index (χ3v) is 2.77. The molecule has 19 heavy (non-hydrogen) atoms. The van der Waals surface area contributed by atoms with Crippen LogP contribution in [-0.4, -0.2) is 19.5 Å². The lowest BCUT2D eigenvalue weighted by Gasteiger charge is -2.05. The first-order valence-electron chi connectivity index (χ1n) is 5.51. The summed E-state index contributed by atoms with van der Waals surface area (Å²) in [5.41, 5.74) is 6.76. The molecule has 3 rings (SSSR count). The summed E-state index contributed by atoms with van der Waals surface area (Å²) in [4.78, 5) is 11.7. The molecular formula is C12H9F2N5. The fourth-order valence-corrected chi connectivity index (χ4v) is 1.91. The summed E-state index contributed by atoms with van der Waals surface area (Å²) in [6.45, 7) is 0.272. The number of nitrogens with zero attached hydrogens (tertiary/aromatic N) is 4. The summed E-state index contributed by atoms with van der Waals surface area (Å²) >= 11 is 0. The Kier molecular flexibility index (Phi) is 2.59. The highest BCUT2D eigenvalue weighted by atomic mass is 19.1. The van der Waals surface area contributed by atoms with Crippen molar-refractivity contribution in [1.29, 1.82) is 0 Å². The minimum Gasteiger partial charge on any atom is -0.369 e. The number of nitrogen functional groups attached to an aromatic ring is 1. The van der Waals surface area contributed by atoms with E-state index in [2.05, 4.69) is 15.0 Å². The van der Waals surface area contributed by atoms with Crippen LogP contribution in [0.15, 0.2) is 30.7 Å². The number of fused-ring (bicyclic) bond motifs is 1. The monoisotopic (exact) mass is 261 g/mol. The van der Waals surface area contributed by atoms with Crippen molar-refractivity contribution in [2.45, 2.75) is 6.54 Å².